The summed E-state index contributed by atoms with van der Waals surface area (Å²) in [5.74, 6) is -0.276. The van der Waals surface area contributed by atoms with Gasteiger partial charge in [0, 0.05) is 34.5 Å². The molecule has 104 valence electrons. The highest BCUT2D eigenvalue weighted by atomic mass is 32.1. The summed E-state index contributed by atoms with van der Waals surface area (Å²) >= 11 is 1.59. The number of benzene rings is 1. The van der Waals surface area contributed by atoms with Crippen LogP contribution in [0.25, 0.3) is 10.1 Å². The number of hydrogen-bond donors (Lipinski definition) is 1. The molecular weight excluding hydrogens is 272 g/mol. The van der Waals surface area contributed by atoms with Crippen LogP contribution in [-0.2, 0) is 4.79 Å². The Labute approximate surface area is 121 Å². The first-order chi connectivity index (χ1) is 9.66. The SMILES string of the molecule is NC(=O)C1CCN(C(=O)c2csc3ccccc23)CC1. The topological polar surface area (TPSA) is 63.4 Å². The molecule has 2 amide bonds. The van der Waals surface area contributed by atoms with E-state index in [1.807, 2.05) is 34.5 Å². The highest BCUT2D eigenvalue weighted by Crippen LogP contribution is 2.28. The minimum absolute atomic E-state index is 0.0605. The number of primary amides is 1. The molecule has 20 heavy (non-hydrogen) atoms. The van der Waals surface area contributed by atoms with Gasteiger partial charge in [-0.15, -0.1) is 11.3 Å². The minimum atomic E-state index is -0.252. The van der Waals surface area contributed by atoms with Gasteiger partial charge in [0.1, 0.15) is 0 Å². The summed E-state index contributed by atoms with van der Waals surface area (Å²) in [6.07, 6.45) is 1.34. The maximum atomic E-state index is 12.6. The van der Waals surface area contributed by atoms with E-state index in [0.717, 1.165) is 15.6 Å². The van der Waals surface area contributed by atoms with Gasteiger partial charge in [0.15, 0.2) is 0 Å². The van der Waals surface area contributed by atoms with E-state index in [1.165, 1.54) is 0 Å². The van der Waals surface area contributed by atoms with Crippen LogP contribution in [0.1, 0.15) is 23.2 Å². The van der Waals surface area contributed by atoms with Crippen LogP contribution in [0.4, 0.5) is 0 Å². The van der Waals surface area contributed by atoms with Crippen LogP contribution in [0.5, 0.6) is 0 Å². The number of piperidine rings is 1. The normalized spacial score (nSPS) is 16.5. The van der Waals surface area contributed by atoms with E-state index < -0.39 is 0 Å². The zero-order chi connectivity index (χ0) is 14.1. The lowest BCUT2D eigenvalue weighted by molar-refractivity contribution is -0.123. The van der Waals surface area contributed by atoms with E-state index in [0.29, 0.717) is 25.9 Å². The van der Waals surface area contributed by atoms with Crippen molar-refractivity contribution < 1.29 is 9.59 Å². The Hall–Kier alpha value is -1.88. The molecule has 0 unspecified atom stereocenters. The van der Waals surface area contributed by atoms with Crippen LogP contribution in [-0.4, -0.2) is 29.8 Å². The van der Waals surface area contributed by atoms with Crippen LogP contribution >= 0.6 is 11.3 Å². The van der Waals surface area contributed by atoms with E-state index in [-0.39, 0.29) is 17.7 Å². The maximum absolute atomic E-state index is 12.6. The van der Waals surface area contributed by atoms with Gasteiger partial charge in [-0.2, -0.15) is 0 Å². The van der Waals surface area contributed by atoms with Crippen molar-refractivity contribution in [1.29, 1.82) is 0 Å². The molecule has 2 N–H and O–H groups in total. The highest BCUT2D eigenvalue weighted by Gasteiger charge is 2.27. The lowest BCUT2D eigenvalue weighted by Crippen LogP contribution is -2.41. The fourth-order valence-corrected chi connectivity index (χ4v) is 3.62. The first-order valence-corrected chi connectivity index (χ1v) is 7.59. The summed E-state index contributed by atoms with van der Waals surface area (Å²) < 4.78 is 1.13. The Kier molecular flexibility index (Phi) is 3.44. The number of amides is 2. The summed E-state index contributed by atoms with van der Waals surface area (Å²) in [6.45, 7) is 1.22. The molecule has 0 saturated carbocycles. The second-order valence-electron chi connectivity index (χ2n) is 5.11. The fraction of sp³-hybridized carbons (Fsp3) is 0.333. The van der Waals surface area contributed by atoms with Gasteiger partial charge in [-0.3, -0.25) is 9.59 Å². The van der Waals surface area contributed by atoms with Gasteiger partial charge in [0.2, 0.25) is 5.91 Å². The number of carbonyl (C=O) groups excluding carboxylic acids is 2. The number of fused-ring (bicyclic) bond motifs is 1. The number of nitrogens with two attached hydrogens (primary N) is 1. The number of thiophene rings is 1. The molecule has 5 heteroatoms. The highest BCUT2D eigenvalue weighted by molar-refractivity contribution is 7.17. The Bertz CT molecular complexity index is 657. The zero-order valence-corrected chi connectivity index (χ0v) is 11.9. The molecule has 1 aliphatic heterocycles. The molecule has 4 nitrogen and oxygen atoms in total. The van der Waals surface area contributed by atoms with Crippen LogP contribution in [0.3, 0.4) is 0 Å². The minimum Gasteiger partial charge on any atom is -0.369 e. The molecule has 0 atom stereocenters. The third-order valence-corrected chi connectivity index (χ3v) is 4.86. The molecule has 0 radical (unpaired) electrons. The lowest BCUT2D eigenvalue weighted by atomic mass is 9.96. The Morgan fingerprint density at radius 1 is 1.20 bits per heavy atom. The summed E-state index contributed by atoms with van der Waals surface area (Å²) in [7, 11) is 0. The van der Waals surface area contributed by atoms with Crippen LogP contribution < -0.4 is 5.73 Å². The molecule has 1 fully saturated rings. The van der Waals surface area contributed by atoms with Crippen molar-refractivity contribution in [3.05, 3.63) is 35.2 Å². The van der Waals surface area contributed by atoms with Gasteiger partial charge in [-0.25, -0.2) is 0 Å². The summed E-state index contributed by atoms with van der Waals surface area (Å²) in [5, 5.41) is 2.94. The maximum Gasteiger partial charge on any atom is 0.255 e. The number of nitrogens with zero attached hydrogens (tertiary/aromatic N) is 1. The molecule has 0 aliphatic carbocycles. The molecule has 1 aliphatic rings. The molecule has 1 saturated heterocycles. The van der Waals surface area contributed by atoms with Crippen molar-refractivity contribution in [2.75, 3.05) is 13.1 Å². The van der Waals surface area contributed by atoms with E-state index in [2.05, 4.69) is 0 Å². The van der Waals surface area contributed by atoms with Crippen molar-refractivity contribution in [2.45, 2.75) is 12.8 Å². The van der Waals surface area contributed by atoms with Gasteiger partial charge in [0.05, 0.1) is 5.56 Å². The smallest absolute Gasteiger partial charge is 0.255 e. The van der Waals surface area contributed by atoms with Crippen molar-refractivity contribution in [3.63, 3.8) is 0 Å². The molecule has 1 aromatic carbocycles. The Morgan fingerprint density at radius 3 is 2.60 bits per heavy atom. The van der Waals surface area contributed by atoms with E-state index >= 15 is 0 Å². The van der Waals surface area contributed by atoms with Crippen molar-refractivity contribution in [2.24, 2.45) is 11.7 Å². The largest absolute Gasteiger partial charge is 0.369 e. The molecule has 1 aromatic heterocycles. The first kappa shape index (κ1) is 13.1. The summed E-state index contributed by atoms with van der Waals surface area (Å²) in [4.78, 5) is 25.5. The number of likely N-dealkylation sites (tertiary alicyclic amines) is 1. The first-order valence-electron chi connectivity index (χ1n) is 6.71. The Balaban J connectivity index is 1.78. The van der Waals surface area contributed by atoms with Gasteiger partial charge in [-0.1, -0.05) is 18.2 Å². The van der Waals surface area contributed by atoms with Gasteiger partial charge in [-0.05, 0) is 18.9 Å². The number of hydrogen-bond acceptors (Lipinski definition) is 3. The standard InChI is InChI=1S/C15H16N2O2S/c16-14(18)10-5-7-17(8-6-10)15(19)12-9-20-13-4-2-1-3-11(12)13/h1-4,9-10H,5-8H2,(H2,16,18). The van der Waals surface area contributed by atoms with Gasteiger partial charge in [0.25, 0.3) is 5.91 Å². The fourth-order valence-electron chi connectivity index (χ4n) is 2.68. The third kappa shape index (κ3) is 2.29. The van der Waals surface area contributed by atoms with Gasteiger partial charge >= 0.3 is 0 Å². The molecule has 2 aromatic rings. The average molecular weight is 288 g/mol. The molecule has 3 rings (SSSR count). The molecular formula is C15H16N2O2S. The van der Waals surface area contributed by atoms with Crippen LogP contribution in [0.2, 0.25) is 0 Å². The lowest BCUT2D eigenvalue weighted by Gasteiger charge is -2.30. The summed E-state index contributed by atoms with van der Waals surface area (Å²) in [5.41, 5.74) is 6.08. The average Bonchev–Trinajstić information content (AvgIpc) is 2.90. The molecule has 0 spiro atoms. The van der Waals surface area contributed by atoms with Crippen LogP contribution in [0.15, 0.2) is 29.6 Å². The molecule has 0 bridgehead atoms. The predicted octanol–water partition coefficient (Wildman–Crippen LogP) is 2.24. The predicted molar refractivity (Wildman–Crippen MR) is 79.6 cm³/mol. The Morgan fingerprint density at radius 2 is 1.90 bits per heavy atom. The van der Waals surface area contributed by atoms with Gasteiger partial charge < -0.3 is 10.6 Å². The van der Waals surface area contributed by atoms with E-state index in [1.54, 1.807) is 11.3 Å². The second kappa shape index (κ2) is 5.25. The number of rotatable bonds is 2. The zero-order valence-electron chi connectivity index (χ0n) is 11.0. The molecule has 2 heterocycles. The van der Waals surface area contributed by atoms with Crippen molar-refractivity contribution >= 4 is 33.2 Å². The van der Waals surface area contributed by atoms with Crippen molar-refractivity contribution in [3.8, 4) is 0 Å². The third-order valence-electron chi connectivity index (χ3n) is 3.90. The summed E-state index contributed by atoms with van der Waals surface area (Å²) in [6, 6.07) is 7.93. The quantitative estimate of drug-likeness (QED) is 0.921. The van der Waals surface area contributed by atoms with E-state index in [9.17, 15) is 9.59 Å². The number of carbonyl (C=O) groups is 2. The van der Waals surface area contributed by atoms with E-state index in [4.69, 9.17) is 5.73 Å². The van der Waals surface area contributed by atoms with Crippen molar-refractivity contribution in [1.82, 2.24) is 4.90 Å². The monoisotopic (exact) mass is 288 g/mol. The second-order valence-corrected chi connectivity index (χ2v) is 6.03. The van der Waals surface area contributed by atoms with Crippen LogP contribution in [0, 0.1) is 5.92 Å².